The number of aromatic nitrogens is 2. The molecule has 0 radical (unpaired) electrons. The number of aryl methyl sites for hydroxylation is 1. The van der Waals surface area contributed by atoms with Crippen molar-refractivity contribution < 1.29 is 4.79 Å². The van der Waals surface area contributed by atoms with Gasteiger partial charge in [0.15, 0.2) is 0 Å². The summed E-state index contributed by atoms with van der Waals surface area (Å²) < 4.78 is 1.38. The van der Waals surface area contributed by atoms with E-state index in [1.54, 1.807) is 48.6 Å². The van der Waals surface area contributed by atoms with Gasteiger partial charge in [-0.3, -0.25) is 14.4 Å². The van der Waals surface area contributed by atoms with Gasteiger partial charge in [-0.15, -0.1) is 11.3 Å². The highest BCUT2D eigenvalue weighted by Crippen LogP contribution is 2.15. The smallest absolute Gasteiger partial charge is 0.316 e. The van der Waals surface area contributed by atoms with Crippen LogP contribution in [0.2, 0.25) is 0 Å². The Bertz CT molecular complexity index is 1420. The number of carbonyl (C=O) groups excluding carboxylic acids is 1. The largest absolute Gasteiger partial charge is 0.322 e. The summed E-state index contributed by atoms with van der Waals surface area (Å²) in [7, 11) is 0. The number of rotatable bonds is 3. The minimum Gasteiger partial charge on any atom is -0.322 e. The first-order valence-corrected chi connectivity index (χ1v) is 10.2. The van der Waals surface area contributed by atoms with Crippen LogP contribution in [-0.2, 0) is 6.54 Å². The van der Waals surface area contributed by atoms with Crippen LogP contribution < -0.4 is 16.4 Å². The SMILES string of the molecule is CCn1c(=O)c(=O)[nH]c2cc(C(=O)Nc3cccc(C#Cc4cccs4)c3)ccc21. The van der Waals surface area contributed by atoms with E-state index in [0.29, 0.717) is 28.8 Å². The van der Waals surface area contributed by atoms with Crippen LogP contribution in [0.15, 0.2) is 69.6 Å². The second-order valence-corrected chi connectivity index (χ2v) is 7.45. The zero-order valence-corrected chi connectivity index (χ0v) is 16.9. The van der Waals surface area contributed by atoms with E-state index in [0.717, 1.165) is 10.4 Å². The molecule has 2 aromatic carbocycles. The predicted molar refractivity (Wildman–Crippen MR) is 119 cm³/mol. The zero-order valence-electron chi connectivity index (χ0n) is 16.1. The van der Waals surface area contributed by atoms with Crippen molar-refractivity contribution in [1.82, 2.24) is 9.55 Å². The number of thiophene rings is 1. The lowest BCUT2D eigenvalue weighted by atomic mass is 10.1. The van der Waals surface area contributed by atoms with E-state index in [-0.39, 0.29) is 5.91 Å². The number of nitrogens with one attached hydrogen (secondary N) is 2. The molecule has 0 saturated carbocycles. The second kappa shape index (κ2) is 8.23. The first-order chi connectivity index (χ1) is 14.5. The molecule has 6 nitrogen and oxygen atoms in total. The molecular weight excluding hydrogens is 398 g/mol. The van der Waals surface area contributed by atoms with E-state index in [9.17, 15) is 14.4 Å². The third kappa shape index (κ3) is 3.95. The van der Waals surface area contributed by atoms with Gasteiger partial charge in [-0.2, -0.15) is 0 Å². The fourth-order valence-corrected chi connectivity index (χ4v) is 3.67. The summed E-state index contributed by atoms with van der Waals surface area (Å²) in [6, 6.07) is 16.0. The van der Waals surface area contributed by atoms with Crippen LogP contribution in [0.3, 0.4) is 0 Å². The van der Waals surface area contributed by atoms with Gasteiger partial charge in [-0.25, -0.2) is 0 Å². The van der Waals surface area contributed by atoms with Gasteiger partial charge >= 0.3 is 11.1 Å². The summed E-state index contributed by atoms with van der Waals surface area (Å²) in [6.45, 7) is 2.15. The summed E-state index contributed by atoms with van der Waals surface area (Å²) in [5.74, 6) is 5.85. The van der Waals surface area contributed by atoms with Crippen LogP contribution in [0.4, 0.5) is 5.69 Å². The average Bonchev–Trinajstić information content (AvgIpc) is 3.27. The monoisotopic (exact) mass is 415 g/mol. The zero-order chi connectivity index (χ0) is 21.1. The lowest BCUT2D eigenvalue weighted by molar-refractivity contribution is 0.102. The summed E-state index contributed by atoms with van der Waals surface area (Å²) in [4.78, 5) is 40.1. The van der Waals surface area contributed by atoms with Crippen molar-refractivity contribution >= 4 is 34.0 Å². The minimum absolute atomic E-state index is 0.324. The molecule has 2 aromatic heterocycles. The summed E-state index contributed by atoms with van der Waals surface area (Å²) in [5, 5.41) is 4.82. The molecule has 0 saturated heterocycles. The van der Waals surface area contributed by atoms with Crippen LogP contribution in [0.25, 0.3) is 11.0 Å². The van der Waals surface area contributed by atoms with Crippen LogP contribution in [0, 0.1) is 11.8 Å². The Labute approximate surface area is 175 Å². The predicted octanol–water partition coefficient (Wildman–Crippen LogP) is 3.42. The molecule has 30 heavy (non-hydrogen) atoms. The molecule has 0 unspecified atom stereocenters. The van der Waals surface area contributed by atoms with Crippen molar-refractivity contribution in [1.29, 1.82) is 0 Å². The number of benzene rings is 2. The second-order valence-electron chi connectivity index (χ2n) is 6.50. The Balaban J connectivity index is 1.60. The molecule has 0 spiro atoms. The molecule has 1 amide bonds. The third-order valence-corrected chi connectivity index (χ3v) is 5.31. The van der Waals surface area contributed by atoms with Crippen molar-refractivity contribution in [2.45, 2.75) is 13.5 Å². The van der Waals surface area contributed by atoms with Gasteiger partial charge in [0.1, 0.15) is 0 Å². The first kappa shape index (κ1) is 19.4. The number of hydrogen-bond donors (Lipinski definition) is 2. The highest BCUT2D eigenvalue weighted by atomic mass is 32.1. The number of aromatic amines is 1. The van der Waals surface area contributed by atoms with Crippen molar-refractivity contribution in [3.05, 3.63) is 96.7 Å². The van der Waals surface area contributed by atoms with Crippen LogP contribution in [-0.4, -0.2) is 15.5 Å². The van der Waals surface area contributed by atoms with Gasteiger partial charge in [0.2, 0.25) is 0 Å². The van der Waals surface area contributed by atoms with Gasteiger partial charge in [0, 0.05) is 23.4 Å². The molecule has 7 heteroatoms. The molecule has 0 aliphatic carbocycles. The maximum atomic E-state index is 12.7. The van der Waals surface area contributed by atoms with E-state index in [4.69, 9.17) is 0 Å². The van der Waals surface area contributed by atoms with Crippen LogP contribution >= 0.6 is 11.3 Å². The molecule has 4 rings (SSSR count). The number of fused-ring (bicyclic) bond motifs is 1. The number of hydrogen-bond acceptors (Lipinski definition) is 4. The van der Waals surface area contributed by atoms with Gasteiger partial charge in [0.05, 0.1) is 15.9 Å². The van der Waals surface area contributed by atoms with E-state index >= 15 is 0 Å². The van der Waals surface area contributed by atoms with Crippen molar-refractivity contribution in [2.75, 3.05) is 5.32 Å². The first-order valence-electron chi connectivity index (χ1n) is 9.29. The molecule has 0 fully saturated rings. The Kier molecular flexibility index (Phi) is 5.33. The standard InChI is InChI=1S/C23H17N3O3S/c1-2-26-20-11-9-16(14-19(20)25-22(28)23(26)29)21(27)24-17-6-3-5-15(13-17)8-10-18-7-4-12-30-18/h3-7,9,11-14H,2H2,1H3,(H,24,27)(H,25,28). The Morgan fingerprint density at radius 3 is 2.73 bits per heavy atom. The fraction of sp³-hybridized carbons (Fsp3) is 0.0870. The fourth-order valence-electron chi connectivity index (χ4n) is 3.10. The molecular formula is C23H17N3O3S. The molecule has 0 bridgehead atoms. The van der Waals surface area contributed by atoms with E-state index in [1.165, 1.54) is 4.57 Å². The summed E-state index contributed by atoms with van der Waals surface area (Å²) >= 11 is 1.57. The maximum absolute atomic E-state index is 12.7. The maximum Gasteiger partial charge on any atom is 0.316 e. The van der Waals surface area contributed by atoms with Gasteiger partial charge in [-0.05, 0) is 54.8 Å². The number of anilines is 1. The van der Waals surface area contributed by atoms with Crippen molar-refractivity contribution in [2.24, 2.45) is 0 Å². The Hall–Kier alpha value is -3.89. The van der Waals surface area contributed by atoms with Gasteiger partial charge in [0.25, 0.3) is 5.91 Å². The summed E-state index contributed by atoms with van der Waals surface area (Å²) in [5.41, 5.74) is 1.46. The molecule has 0 atom stereocenters. The Morgan fingerprint density at radius 2 is 1.97 bits per heavy atom. The molecule has 0 aliphatic rings. The highest BCUT2D eigenvalue weighted by molar-refractivity contribution is 7.10. The lowest BCUT2D eigenvalue weighted by Gasteiger charge is -2.09. The molecule has 2 heterocycles. The lowest BCUT2D eigenvalue weighted by Crippen LogP contribution is -2.36. The average molecular weight is 415 g/mol. The topological polar surface area (TPSA) is 84.0 Å². The quantitative estimate of drug-likeness (QED) is 0.397. The highest BCUT2D eigenvalue weighted by Gasteiger charge is 2.11. The number of amides is 1. The molecule has 2 N–H and O–H groups in total. The van der Waals surface area contributed by atoms with E-state index < -0.39 is 11.1 Å². The summed E-state index contributed by atoms with van der Waals surface area (Å²) in [6.07, 6.45) is 0. The molecule has 148 valence electrons. The normalized spacial score (nSPS) is 10.4. The molecule has 0 aliphatic heterocycles. The number of H-pyrrole nitrogens is 1. The van der Waals surface area contributed by atoms with Crippen LogP contribution in [0.1, 0.15) is 27.7 Å². The van der Waals surface area contributed by atoms with Gasteiger partial charge in [-0.1, -0.05) is 24.0 Å². The molecule has 4 aromatic rings. The number of nitrogens with zero attached hydrogens (tertiary/aromatic N) is 1. The number of carbonyl (C=O) groups is 1. The Morgan fingerprint density at radius 1 is 1.10 bits per heavy atom. The minimum atomic E-state index is -0.709. The van der Waals surface area contributed by atoms with E-state index in [1.807, 2.05) is 29.6 Å². The van der Waals surface area contributed by atoms with Crippen molar-refractivity contribution in [3.8, 4) is 11.8 Å². The van der Waals surface area contributed by atoms with Crippen LogP contribution in [0.5, 0.6) is 0 Å². The van der Waals surface area contributed by atoms with Gasteiger partial charge < -0.3 is 14.9 Å². The van der Waals surface area contributed by atoms with Crippen molar-refractivity contribution in [3.63, 3.8) is 0 Å². The third-order valence-electron chi connectivity index (χ3n) is 4.53. The van der Waals surface area contributed by atoms with E-state index in [2.05, 4.69) is 22.1 Å².